The Bertz CT molecular complexity index is 1420. The maximum absolute atomic E-state index is 13.0. The van der Waals surface area contributed by atoms with E-state index in [9.17, 15) is 18.0 Å². The number of nitrogens with zero attached hydrogens (tertiary/aromatic N) is 2. The van der Waals surface area contributed by atoms with Gasteiger partial charge in [-0.05, 0) is 47.9 Å². The molecule has 0 saturated carbocycles. The summed E-state index contributed by atoms with van der Waals surface area (Å²) in [7, 11) is 0. The minimum absolute atomic E-state index is 0.144. The van der Waals surface area contributed by atoms with Gasteiger partial charge in [-0.2, -0.15) is 13.2 Å². The first-order valence-electron chi connectivity index (χ1n) is 12.3. The van der Waals surface area contributed by atoms with E-state index in [1.54, 1.807) is 0 Å². The van der Waals surface area contributed by atoms with Gasteiger partial charge in [0.05, 0.1) is 18.2 Å². The van der Waals surface area contributed by atoms with Crippen LogP contribution in [0.1, 0.15) is 51.6 Å². The number of carbonyl (C=O) groups excluding carboxylic acids is 1. The van der Waals surface area contributed by atoms with Gasteiger partial charge in [-0.3, -0.25) is 9.69 Å². The molecule has 1 aliphatic heterocycles. The quantitative estimate of drug-likeness (QED) is 0.277. The topological polar surface area (TPSA) is 76.8 Å². The number of nitrogens with one attached hydrogen (secondary N) is 1. The zero-order chi connectivity index (χ0) is 27.4. The normalized spacial score (nSPS) is 13.5. The van der Waals surface area contributed by atoms with Gasteiger partial charge in [0.15, 0.2) is 17.2 Å². The lowest BCUT2D eigenvalue weighted by molar-refractivity contribution is -0.137. The largest absolute Gasteiger partial charge is 0.454 e. The molecule has 3 aromatic carbocycles. The van der Waals surface area contributed by atoms with Crippen LogP contribution in [0.25, 0.3) is 0 Å². The molecule has 0 saturated heterocycles. The number of aromatic nitrogens is 1. The van der Waals surface area contributed by atoms with Gasteiger partial charge in [-0.25, -0.2) is 4.98 Å². The maximum Gasteiger partial charge on any atom is 0.416 e. The van der Waals surface area contributed by atoms with Gasteiger partial charge < -0.3 is 19.2 Å². The Labute approximate surface area is 223 Å². The summed E-state index contributed by atoms with van der Waals surface area (Å²) in [4.78, 5) is 19.1. The van der Waals surface area contributed by atoms with E-state index in [2.05, 4.69) is 10.3 Å². The van der Waals surface area contributed by atoms with Gasteiger partial charge in [0.2, 0.25) is 12.7 Å². The van der Waals surface area contributed by atoms with E-state index < -0.39 is 11.7 Å². The number of fused-ring (bicyclic) bond motifs is 1. The number of alkyl halides is 3. The molecule has 0 bridgehead atoms. The van der Waals surface area contributed by atoms with Crippen LogP contribution >= 0.6 is 0 Å². The van der Waals surface area contributed by atoms with Crippen molar-refractivity contribution >= 4 is 5.91 Å². The molecule has 1 aromatic heterocycles. The maximum atomic E-state index is 13.0. The van der Waals surface area contributed by atoms with Gasteiger partial charge in [0.25, 0.3) is 5.91 Å². The van der Waals surface area contributed by atoms with Crippen molar-refractivity contribution < 1.29 is 31.9 Å². The minimum Gasteiger partial charge on any atom is -0.454 e. The van der Waals surface area contributed by atoms with Crippen molar-refractivity contribution in [2.24, 2.45) is 0 Å². The zero-order valence-corrected chi connectivity index (χ0v) is 21.1. The van der Waals surface area contributed by atoms with Crippen LogP contribution in [-0.2, 0) is 25.8 Å². The van der Waals surface area contributed by atoms with Crippen molar-refractivity contribution in [2.75, 3.05) is 6.79 Å². The van der Waals surface area contributed by atoms with Crippen LogP contribution in [0, 0.1) is 0 Å². The Morgan fingerprint density at radius 1 is 0.949 bits per heavy atom. The first kappa shape index (κ1) is 26.3. The molecular formula is C29H26F3N3O4. The molecule has 0 radical (unpaired) electrons. The highest BCUT2D eigenvalue weighted by Crippen LogP contribution is 2.33. The molecule has 5 rings (SSSR count). The van der Waals surface area contributed by atoms with E-state index in [0.29, 0.717) is 36.0 Å². The smallest absolute Gasteiger partial charge is 0.416 e. The summed E-state index contributed by atoms with van der Waals surface area (Å²) in [5, 5.41) is 2.91. The first-order chi connectivity index (χ1) is 18.7. The van der Waals surface area contributed by atoms with Crippen molar-refractivity contribution in [2.45, 2.75) is 38.8 Å². The van der Waals surface area contributed by atoms with Crippen LogP contribution in [-0.4, -0.2) is 22.6 Å². The molecule has 1 N–H and O–H groups in total. The van der Waals surface area contributed by atoms with Crippen molar-refractivity contribution in [3.05, 3.63) is 113 Å². The van der Waals surface area contributed by atoms with E-state index in [1.807, 2.05) is 60.4 Å². The van der Waals surface area contributed by atoms with Gasteiger partial charge in [-0.1, -0.05) is 48.5 Å². The first-order valence-corrected chi connectivity index (χ1v) is 12.3. The highest BCUT2D eigenvalue weighted by Gasteiger charge is 2.30. The SMILES string of the molecule is CC(NC(=O)c1coc(CN(Cc2ccc(C(F)(F)F)cc2)Cc2ccc3c(c2)OCO3)n1)c1ccccc1. The molecule has 202 valence electrons. The average molecular weight is 538 g/mol. The summed E-state index contributed by atoms with van der Waals surface area (Å²) in [5.41, 5.74) is 1.99. The molecule has 1 aliphatic rings. The lowest BCUT2D eigenvalue weighted by atomic mass is 10.1. The summed E-state index contributed by atoms with van der Waals surface area (Å²) < 4.78 is 55.5. The summed E-state index contributed by atoms with van der Waals surface area (Å²) >= 11 is 0. The summed E-state index contributed by atoms with van der Waals surface area (Å²) in [6.45, 7) is 2.99. The van der Waals surface area contributed by atoms with Gasteiger partial charge >= 0.3 is 6.18 Å². The molecule has 0 aliphatic carbocycles. The predicted octanol–water partition coefficient (Wildman–Crippen LogP) is 6.12. The van der Waals surface area contributed by atoms with Crippen LogP contribution in [0.5, 0.6) is 11.5 Å². The van der Waals surface area contributed by atoms with Gasteiger partial charge in [-0.15, -0.1) is 0 Å². The van der Waals surface area contributed by atoms with Crippen molar-refractivity contribution in [1.82, 2.24) is 15.2 Å². The van der Waals surface area contributed by atoms with E-state index in [-0.39, 0.29) is 31.0 Å². The number of halogens is 3. The second kappa shape index (κ2) is 11.2. The molecule has 1 atom stereocenters. The number of oxazole rings is 1. The third-order valence-electron chi connectivity index (χ3n) is 6.32. The zero-order valence-electron chi connectivity index (χ0n) is 21.1. The van der Waals surface area contributed by atoms with Gasteiger partial charge in [0.1, 0.15) is 6.26 Å². The van der Waals surface area contributed by atoms with E-state index in [1.165, 1.54) is 18.4 Å². The standard InChI is InChI=1S/C29H26F3N3O4/c1-19(22-5-3-2-4-6-22)33-28(36)24-17-37-27(34-24)16-35(14-20-7-10-23(11-8-20)29(30,31)32)15-21-9-12-25-26(13-21)39-18-38-25/h2-13,17,19H,14-16,18H2,1H3,(H,33,36). The Kier molecular flexibility index (Phi) is 7.56. The van der Waals surface area contributed by atoms with Gasteiger partial charge in [0, 0.05) is 13.1 Å². The molecular weight excluding hydrogens is 511 g/mol. The number of benzene rings is 3. The monoisotopic (exact) mass is 537 g/mol. The molecule has 1 unspecified atom stereocenters. The van der Waals surface area contributed by atoms with Crippen LogP contribution in [0.3, 0.4) is 0 Å². The Balaban J connectivity index is 1.31. The molecule has 7 nitrogen and oxygen atoms in total. The summed E-state index contributed by atoms with van der Waals surface area (Å²) in [6, 6.07) is 19.9. The van der Waals surface area contributed by atoms with Crippen LogP contribution in [0.2, 0.25) is 0 Å². The fourth-order valence-corrected chi connectivity index (χ4v) is 4.30. The molecule has 4 aromatic rings. The lowest BCUT2D eigenvalue weighted by Gasteiger charge is -2.21. The van der Waals surface area contributed by atoms with Crippen molar-refractivity contribution in [1.29, 1.82) is 0 Å². The average Bonchev–Trinajstić information content (AvgIpc) is 3.58. The van der Waals surface area contributed by atoms with Crippen LogP contribution < -0.4 is 14.8 Å². The number of hydrogen-bond acceptors (Lipinski definition) is 6. The van der Waals surface area contributed by atoms with Crippen molar-refractivity contribution in [3.8, 4) is 11.5 Å². The second-order valence-corrected chi connectivity index (χ2v) is 9.26. The highest BCUT2D eigenvalue weighted by atomic mass is 19.4. The van der Waals surface area contributed by atoms with E-state index in [4.69, 9.17) is 13.9 Å². The molecule has 1 amide bonds. The van der Waals surface area contributed by atoms with Crippen LogP contribution in [0.4, 0.5) is 13.2 Å². The number of rotatable bonds is 9. The van der Waals surface area contributed by atoms with E-state index >= 15 is 0 Å². The highest BCUT2D eigenvalue weighted by molar-refractivity contribution is 5.92. The number of hydrogen-bond donors (Lipinski definition) is 1. The number of carbonyl (C=O) groups is 1. The molecule has 10 heteroatoms. The molecule has 0 fully saturated rings. The molecule has 2 heterocycles. The lowest BCUT2D eigenvalue weighted by Crippen LogP contribution is -2.27. The summed E-state index contributed by atoms with van der Waals surface area (Å²) in [6.07, 6.45) is -3.10. The van der Waals surface area contributed by atoms with Crippen LogP contribution in [0.15, 0.2) is 83.5 Å². The fourth-order valence-electron chi connectivity index (χ4n) is 4.30. The third-order valence-corrected chi connectivity index (χ3v) is 6.32. The molecule has 0 spiro atoms. The third kappa shape index (κ3) is 6.58. The Hall–Kier alpha value is -4.31. The number of ether oxygens (including phenoxy) is 2. The fraction of sp³-hybridized carbons (Fsp3) is 0.241. The predicted molar refractivity (Wildman–Crippen MR) is 136 cm³/mol. The number of amides is 1. The van der Waals surface area contributed by atoms with Crippen molar-refractivity contribution in [3.63, 3.8) is 0 Å². The Morgan fingerprint density at radius 2 is 1.64 bits per heavy atom. The molecule has 39 heavy (non-hydrogen) atoms. The minimum atomic E-state index is -4.40. The second-order valence-electron chi connectivity index (χ2n) is 9.26. The Morgan fingerprint density at radius 3 is 2.38 bits per heavy atom. The summed E-state index contributed by atoms with van der Waals surface area (Å²) in [5.74, 6) is 1.22. The van der Waals surface area contributed by atoms with E-state index in [0.717, 1.165) is 23.3 Å².